The standard InChI is InChI=1S/C27H35N5S/c1-8-17(5)25-20(11-10-12-28-25)21-13-22(29-14-24-30-18(6)15-33-24)27-26(31-21)19(7)23(9-2)32(27)16(3)4/h10-13,15-17H,8-9,14H2,1-7H3,(H,29,31). The molecule has 4 aromatic heterocycles. The highest BCUT2D eigenvalue weighted by molar-refractivity contribution is 7.09. The molecule has 0 saturated carbocycles. The van der Waals surface area contributed by atoms with Gasteiger partial charge in [-0.1, -0.05) is 20.8 Å². The van der Waals surface area contributed by atoms with E-state index in [1.165, 1.54) is 16.8 Å². The molecular formula is C27H35N5S. The van der Waals surface area contributed by atoms with Crippen LogP contribution in [-0.4, -0.2) is 19.5 Å². The lowest BCUT2D eigenvalue weighted by molar-refractivity contribution is 0.596. The summed E-state index contributed by atoms with van der Waals surface area (Å²) in [4.78, 5) is 14.6. The Morgan fingerprint density at radius 1 is 1.12 bits per heavy atom. The van der Waals surface area contributed by atoms with Crippen molar-refractivity contribution >= 4 is 28.1 Å². The average Bonchev–Trinajstić information content (AvgIpc) is 3.37. The number of rotatable bonds is 8. The van der Waals surface area contributed by atoms with E-state index < -0.39 is 0 Å². The third-order valence-corrected chi connectivity index (χ3v) is 7.42. The van der Waals surface area contributed by atoms with Crippen molar-refractivity contribution < 1.29 is 0 Å². The molecule has 0 bridgehead atoms. The summed E-state index contributed by atoms with van der Waals surface area (Å²) in [6, 6.07) is 6.73. The van der Waals surface area contributed by atoms with Crippen LogP contribution in [0.15, 0.2) is 29.8 Å². The maximum atomic E-state index is 5.24. The molecule has 0 aliphatic rings. The molecular weight excluding hydrogens is 426 g/mol. The van der Waals surface area contributed by atoms with Gasteiger partial charge in [-0.25, -0.2) is 9.97 Å². The molecule has 0 aromatic carbocycles. The van der Waals surface area contributed by atoms with Gasteiger partial charge in [0.1, 0.15) is 5.01 Å². The number of nitrogens with zero attached hydrogens (tertiary/aromatic N) is 4. The van der Waals surface area contributed by atoms with Gasteiger partial charge in [-0.2, -0.15) is 0 Å². The highest BCUT2D eigenvalue weighted by atomic mass is 32.1. The van der Waals surface area contributed by atoms with Crippen LogP contribution in [0.5, 0.6) is 0 Å². The van der Waals surface area contributed by atoms with Gasteiger partial charge in [-0.05, 0) is 70.2 Å². The van der Waals surface area contributed by atoms with Crippen molar-refractivity contribution in [1.29, 1.82) is 0 Å². The fourth-order valence-electron chi connectivity index (χ4n) is 4.65. The molecule has 1 atom stereocenters. The molecule has 4 rings (SSSR count). The molecule has 6 heteroatoms. The molecule has 0 amide bonds. The monoisotopic (exact) mass is 461 g/mol. The van der Waals surface area contributed by atoms with Crippen LogP contribution >= 0.6 is 11.3 Å². The predicted octanol–water partition coefficient (Wildman–Crippen LogP) is 7.44. The number of pyridine rings is 2. The van der Waals surface area contributed by atoms with Crippen molar-refractivity contribution in [2.24, 2.45) is 0 Å². The highest BCUT2D eigenvalue weighted by Crippen LogP contribution is 2.38. The van der Waals surface area contributed by atoms with Gasteiger partial charge in [-0.15, -0.1) is 11.3 Å². The van der Waals surface area contributed by atoms with Gasteiger partial charge >= 0.3 is 0 Å². The first-order chi connectivity index (χ1) is 15.8. The van der Waals surface area contributed by atoms with E-state index >= 15 is 0 Å². The van der Waals surface area contributed by atoms with E-state index in [9.17, 15) is 0 Å². The molecule has 33 heavy (non-hydrogen) atoms. The first-order valence-electron chi connectivity index (χ1n) is 12.0. The molecule has 1 N–H and O–H groups in total. The number of thiazole rings is 1. The number of hydrogen-bond donors (Lipinski definition) is 1. The lowest BCUT2D eigenvalue weighted by Crippen LogP contribution is -2.08. The summed E-state index contributed by atoms with van der Waals surface area (Å²) in [7, 11) is 0. The van der Waals surface area contributed by atoms with Crippen LogP contribution in [0.25, 0.3) is 22.3 Å². The second-order valence-corrected chi connectivity index (χ2v) is 10.1. The van der Waals surface area contributed by atoms with E-state index in [-0.39, 0.29) is 0 Å². The number of aryl methyl sites for hydroxylation is 2. The Hall–Kier alpha value is -2.73. The lowest BCUT2D eigenvalue weighted by atomic mass is 9.97. The second-order valence-electron chi connectivity index (χ2n) is 9.12. The quantitative estimate of drug-likeness (QED) is 0.296. The third kappa shape index (κ3) is 4.41. The minimum Gasteiger partial charge on any atom is -0.377 e. The molecule has 0 aliphatic carbocycles. The normalized spacial score (nSPS) is 12.6. The number of aromatic nitrogens is 4. The minimum atomic E-state index is 0.348. The van der Waals surface area contributed by atoms with Crippen molar-refractivity contribution in [2.45, 2.75) is 79.8 Å². The van der Waals surface area contributed by atoms with Crippen molar-refractivity contribution in [3.05, 3.63) is 57.4 Å². The molecule has 0 aliphatic heterocycles. The lowest BCUT2D eigenvalue weighted by Gasteiger charge is -2.18. The Morgan fingerprint density at radius 2 is 1.91 bits per heavy atom. The molecule has 4 heterocycles. The molecule has 0 fully saturated rings. The van der Waals surface area contributed by atoms with Crippen molar-refractivity contribution in [2.75, 3.05) is 5.32 Å². The Labute approximate surface area is 201 Å². The largest absolute Gasteiger partial charge is 0.377 e. The zero-order valence-corrected chi connectivity index (χ0v) is 21.7. The second kappa shape index (κ2) is 9.64. The Bertz CT molecular complexity index is 1270. The van der Waals surface area contributed by atoms with Crippen molar-refractivity contribution in [3.8, 4) is 11.3 Å². The molecule has 4 aromatic rings. The van der Waals surface area contributed by atoms with Gasteiger partial charge in [0.2, 0.25) is 0 Å². The van der Waals surface area contributed by atoms with Crippen LogP contribution < -0.4 is 5.32 Å². The van der Waals surface area contributed by atoms with Crippen LogP contribution in [0.3, 0.4) is 0 Å². The van der Waals surface area contributed by atoms with Gasteiger partial charge in [0, 0.05) is 34.6 Å². The van der Waals surface area contributed by atoms with Crippen molar-refractivity contribution in [1.82, 2.24) is 19.5 Å². The highest BCUT2D eigenvalue weighted by Gasteiger charge is 2.22. The minimum absolute atomic E-state index is 0.348. The summed E-state index contributed by atoms with van der Waals surface area (Å²) < 4.78 is 2.45. The summed E-state index contributed by atoms with van der Waals surface area (Å²) in [5, 5.41) is 6.92. The zero-order valence-electron chi connectivity index (χ0n) is 20.9. The fraction of sp³-hybridized carbons (Fsp3) is 0.444. The van der Waals surface area contributed by atoms with Gasteiger partial charge in [0.25, 0.3) is 0 Å². The summed E-state index contributed by atoms with van der Waals surface area (Å²) in [6.07, 6.45) is 3.92. The van der Waals surface area contributed by atoms with E-state index in [0.717, 1.165) is 51.7 Å². The van der Waals surface area contributed by atoms with E-state index in [4.69, 9.17) is 9.97 Å². The number of hydrogen-bond acceptors (Lipinski definition) is 5. The van der Waals surface area contributed by atoms with Crippen LogP contribution in [0, 0.1) is 13.8 Å². The number of fused-ring (bicyclic) bond motifs is 1. The Kier molecular flexibility index (Phi) is 6.84. The zero-order chi connectivity index (χ0) is 23.7. The maximum absolute atomic E-state index is 5.24. The van der Waals surface area contributed by atoms with Crippen LogP contribution in [-0.2, 0) is 13.0 Å². The predicted molar refractivity (Wildman–Crippen MR) is 140 cm³/mol. The van der Waals surface area contributed by atoms with Crippen LogP contribution in [0.4, 0.5) is 5.69 Å². The van der Waals surface area contributed by atoms with Gasteiger partial charge < -0.3 is 9.88 Å². The van der Waals surface area contributed by atoms with E-state index in [0.29, 0.717) is 18.5 Å². The third-order valence-electron chi connectivity index (χ3n) is 6.45. The smallest absolute Gasteiger partial charge is 0.112 e. The molecule has 0 radical (unpaired) electrons. The Morgan fingerprint density at radius 3 is 2.55 bits per heavy atom. The summed E-state index contributed by atoms with van der Waals surface area (Å²) in [6.45, 7) is 16.1. The summed E-state index contributed by atoms with van der Waals surface area (Å²) >= 11 is 1.70. The van der Waals surface area contributed by atoms with Gasteiger partial charge in [0.05, 0.1) is 34.7 Å². The summed E-state index contributed by atoms with van der Waals surface area (Å²) in [5.74, 6) is 0.376. The Balaban J connectivity index is 1.94. The molecule has 0 spiro atoms. The first kappa shape index (κ1) is 23.4. The van der Waals surface area contributed by atoms with Gasteiger partial charge in [-0.3, -0.25) is 4.98 Å². The first-order valence-corrected chi connectivity index (χ1v) is 12.9. The van der Waals surface area contributed by atoms with E-state index in [2.05, 4.69) is 73.9 Å². The number of nitrogens with one attached hydrogen (secondary N) is 1. The van der Waals surface area contributed by atoms with Gasteiger partial charge in [0.15, 0.2) is 0 Å². The molecule has 5 nitrogen and oxygen atoms in total. The van der Waals surface area contributed by atoms with Crippen molar-refractivity contribution in [3.63, 3.8) is 0 Å². The molecule has 1 unspecified atom stereocenters. The average molecular weight is 462 g/mol. The topological polar surface area (TPSA) is 55.6 Å². The van der Waals surface area contributed by atoms with E-state index in [1.54, 1.807) is 11.3 Å². The van der Waals surface area contributed by atoms with E-state index in [1.807, 2.05) is 19.2 Å². The van der Waals surface area contributed by atoms with Crippen LogP contribution in [0.2, 0.25) is 0 Å². The van der Waals surface area contributed by atoms with Crippen LogP contribution in [0.1, 0.15) is 80.7 Å². The number of anilines is 1. The SMILES string of the molecule is CCc1c(C)c2nc(-c3cccnc3C(C)CC)cc(NCc3nc(C)cs3)c2n1C(C)C. The molecule has 174 valence electrons. The maximum Gasteiger partial charge on any atom is 0.112 e. The molecule has 0 saturated heterocycles. The summed E-state index contributed by atoms with van der Waals surface area (Å²) in [5.41, 5.74) is 10.3. The fourth-order valence-corrected chi connectivity index (χ4v) is 5.36.